The molecule has 0 aromatic carbocycles. The van der Waals surface area contributed by atoms with Gasteiger partial charge in [-0.25, -0.2) is 9.97 Å². The molecule has 14 heavy (non-hydrogen) atoms. The Kier molecular flexibility index (Phi) is 3.57. The predicted octanol–water partition coefficient (Wildman–Crippen LogP) is 2.63. The first kappa shape index (κ1) is 10.6. The highest BCUT2D eigenvalue weighted by Crippen LogP contribution is 2.25. The summed E-state index contributed by atoms with van der Waals surface area (Å²) in [4.78, 5) is 8.59. The van der Waals surface area contributed by atoms with Gasteiger partial charge in [0.15, 0.2) is 0 Å². The van der Waals surface area contributed by atoms with E-state index in [1.807, 2.05) is 0 Å². The highest BCUT2D eigenvalue weighted by atomic mass is 127. The summed E-state index contributed by atoms with van der Waals surface area (Å²) >= 11 is 8.07. The summed E-state index contributed by atoms with van der Waals surface area (Å²) in [5.74, 6) is 1.27. The van der Waals surface area contributed by atoms with Crippen molar-refractivity contribution in [3.63, 3.8) is 0 Å². The van der Waals surface area contributed by atoms with E-state index in [1.54, 1.807) is 6.20 Å². The van der Waals surface area contributed by atoms with Gasteiger partial charge in [0.05, 0.1) is 3.57 Å². The first-order valence-corrected chi connectivity index (χ1v) is 5.98. The van der Waals surface area contributed by atoms with Crippen LogP contribution in [0, 0.1) is 3.57 Å². The molecule has 0 aliphatic carbocycles. The van der Waals surface area contributed by atoms with Gasteiger partial charge >= 0.3 is 0 Å². The monoisotopic (exact) mass is 324 g/mol. The fraction of sp³-hybridized carbons (Fsp3) is 0.556. The Labute approximate surface area is 101 Å². The molecule has 1 saturated heterocycles. The van der Waals surface area contributed by atoms with E-state index in [0.717, 1.165) is 35.4 Å². The van der Waals surface area contributed by atoms with Gasteiger partial charge < -0.3 is 4.74 Å². The van der Waals surface area contributed by atoms with Crippen LogP contribution in [-0.4, -0.2) is 23.2 Å². The van der Waals surface area contributed by atoms with Crippen LogP contribution < -0.4 is 0 Å². The fourth-order valence-electron chi connectivity index (χ4n) is 1.51. The second-order valence-electron chi connectivity index (χ2n) is 3.25. The van der Waals surface area contributed by atoms with Crippen LogP contribution in [0.25, 0.3) is 0 Å². The van der Waals surface area contributed by atoms with Crippen molar-refractivity contribution >= 4 is 34.2 Å². The third kappa shape index (κ3) is 2.35. The van der Waals surface area contributed by atoms with Crippen LogP contribution in [-0.2, 0) is 4.74 Å². The van der Waals surface area contributed by atoms with Gasteiger partial charge in [0.1, 0.15) is 11.0 Å². The molecule has 1 aromatic rings. The lowest BCUT2D eigenvalue weighted by Gasteiger charge is -2.20. The minimum atomic E-state index is 0.415. The largest absolute Gasteiger partial charge is 0.381 e. The number of ether oxygens (including phenoxy) is 1. The number of aromatic nitrogens is 2. The van der Waals surface area contributed by atoms with E-state index < -0.39 is 0 Å². The third-order valence-electron chi connectivity index (χ3n) is 2.31. The number of nitrogens with zero attached hydrogens (tertiary/aromatic N) is 2. The molecule has 0 spiro atoms. The Balaban J connectivity index is 2.18. The second-order valence-corrected chi connectivity index (χ2v) is 4.77. The summed E-state index contributed by atoms with van der Waals surface area (Å²) in [6, 6.07) is 0. The van der Waals surface area contributed by atoms with Crippen molar-refractivity contribution in [2.45, 2.75) is 18.8 Å². The molecule has 5 heteroatoms. The molecular formula is C9H10ClIN2O. The standard InChI is InChI=1S/C9H10ClIN2O/c10-8-7(11)5-12-9(13-8)6-1-3-14-4-2-6/h5-6H,1-4H2. The highest BCUT2D eigenvalue weighted by Gasteiger charge is 2.19. The average molecular weight is 325 g/mol. The van der Waals surface area contributed by atoms with Gasteiger partial charge in [0, 0.05) is 25.3 Å². The van der Waals surface area contributed by atoms with Crippen molar-refractivity contribution in [2.24, 2.45) is 0 Å². The molecule has 0 saturated carbocycles. The van der Waals surface area contributed by atoms with E-state index >= 15 is 0 Å². The van der Waals surface area contributed by atoms with Gasteiger partial charge in [-0.3, -0.25) is 0 Å². The molecule has 1 aliphatic rings. The molecule has 0 amide bonds. The maximum absolute atomic E-state index is 5.94. The highest BCUT2D eigenvalue weighted by molar-refractivity contribution is 14.1. The molecule has 1 aromatic heterocycles. The van der Waals surface area contributed by atoms with Gasteiger partial charge in [-0.15, -0.1) is 0 Å². The molecule has 0 unspecified atom stereocenters. The maximum atomic E-state index is 5.94. The van der Waals surface area contributed by atoms with Crippen molar-refractivity contribution < 1.29 is 4.74 Å². The molecular weight excluding hydrogens is 314 g/mol. The number of halogens is 2. The number of hydrogen-bond acceptors (Lipinski definition) is 3. The first-order chi connectivity index (χ1) is 6.77. The zero-order chi connectivity index (χ0) is 9.97. The minimum absolute atomic E-state index is 0.415. The van der Waals surface area contributed by atoms with Crippen LogP contribution in [0.4, 0.5) is 0 Å². The fourth-order valence-corrected chi connectivity index (χ4v) is 1.91. The topological polar surface area (TPSA) is 35.0 Å². The van der Waals surface area contributed by atoms with Crippen molar-refractivity contribution in [2.75, 3.05) is 13.2 Å². The van der Waals surface area contributed by atoms with Crippen LogP contribution in [0.1, 0.15) is 24.6 Å². The Morgan fingerprint density at radius 2 is 2.14 bits per heavy atom. The molecule has 3 nitrogen and oxygen atoms in total. The zero-order valence-electron chi connectivity index (χ0n) is 7.54. The molecule has 0 radical (unpaired) electrons. The lowest BCUT2D eigenvalue weighted by atomic mass is 10.00. The molecule has 0 atom stereocenters. The summed E-state index contributed by atoms with van der Waals surface area (Å²) in [7, 11) is 0. The molecule has 0 bridgehead atoms. The number of rotatable bonds is 1. The van der Waals surface area contributed by atoms with E-state index in [0.29, 0.717) is 11.1 Å². The van der Waals surface area contributed by atoms with Crippen LogP contribution in [0.5, 0.6) is 0 Å². The van der Waals surface area contributed by atoms with Crippen LogP contribution in [0.3, 0.4) is 0 Å². The van der Waals surface area contributed by atoms with Gasteiger partial charge in [-0.2, -0.15) is 0 Å². The lowest BCUT2D eigenvalue weighted by Crippen LogP contribution is -2.16. The summed E-state index contributed by atoms with van der Waals surface area (Å²) < 4.78 is 6.19. The summed E-state index contributed by atoms with van der Waals surface area (Å²) in [5, 5.41) is 0.557. The molecule has 1 fully saturated rings. The number of hydrogen-bond donors (Lipinski definition) is 0. The summed E-state index contributed by atoms with van der Waals surface area (Å²) in [6.07, 6.45) is 3.77. The van der Waals surface area contributed by atoms with Crippen molar-refractivity contribution in [3.05, 3.63) is 20.7 Å². The molecule has 2 heterocycles. The summed E-state index contributed by atoms with van der Waals surface area (Å²) in [6.45, 7) is 1.61. The van der Waals surface area contributed by atoms with Gasteiger partial charge in [-0.1, -0.05) is 11.6 Å². The van der Waals surface area contributed by atoms with Crippen LogP contribution in [0.2, 0.25) is 5.15 Å². The van der Waals surface area contributed by atoms with Crippen molar-refractivity contribution in [1.82, 2.24) is 9.97 Å². The lowest BCUT2D eigenvalue weighted by molar-refractivity contribution is 0.0835. The Hall–Kier alpha value is 0.0600. The minimum Gasteiger partial charge on any atom is -0.381 e. The van der Waals surface area contributed by atoms with E-state index in [9.17, 15) is 0 Å². The van der Waals surface area contributed by atoms with Gasteiger partial charge in [-0.05, 0) is 35.4 Å². The maximum Gasteiger partial charge on any atom is 0.146 e. The van der Waals surface area contributed by atoms with E-state index in [1.165, 1.54) is 0 Å². The average Bonchev–Trinajstić information content (AvgIpc) is 2.23. The first-order valence-electron chi connectivity index (χ1n) is 4.53. The molecule has 76 valence electrons. The third-order valence-corrected chi connectivity index (χ3v) is 3.70. The van der Waals surface area contributed by atoms with E-state index in [-0.39, 0.29) is 0 Å². The van der Waals surface area contributed by atoms with Crippen molar-refractivity contribution in [1.29, 1.82) is 0 Å². The van der Waals surface area contributed by atoms with Crippen LogP contribution >= 0.6 is 34.2 Å². The molecule has 2 rings (SSSR count). The Morgan fingerprint density at radius 1 is 1.43 bits per heavy atom. The predicted molar refractivity (Wildman–Crippen MR) is 62.6 cm³/mol. The van der Waals surface area contributed by atoms with Crippen molar-refractivity contribution in [3.8, 4) is 0 Å². The smallest absolute Gasteiger partial charge is 0.146 e. The SMILES string of the molecule is Clc1nc(C2CCOCC2)ncc1I. The quantitative estimate of drug-likeness (QED) is 0.588. The van der Waals surface area contributed by atoms with E-state index in [4.69, 9.17) is 16.3 Å². The van der Waals surface area contributed by atoms with Gasteiger partial charge in [0.25, 0.3) is 0 Å². The second kappa shape index (κ2) is 4.72. The Morgan fingerprint density at radius 3 is 2.79 bits per heavy atom. The normalized spacial score (nSPS) is 18.4. The summed E-state index contributed by atoms with van der Waals surface area (Å²) in [5.41, 5.74) is 0. The van der Waals surface area contributed by atoms with E-state index in [2.05, 4.69) is 32.6 Å². The Bertz CT molecular complexity index is 329. The van der Waals surface area contributed by atoms with Crippen LogP contribution in [0.15, 0.2) is 6.20 Å². The zero-order valence-corrected chi connectivity index (χ0v) is 10.5. The molecule has 1 aliphatic heterocycles. The van der Waals surface area contributed by atoms with Gasteiger partial charge in [0.2, 0.25) is 0 Å². The molecule has 0 N–H and O–H groups in total.